The van der Waals surface area contributed by atoms with Crippen molar-refractivity contribution in [3.05, 3.63) is 77.1 Å². The smallest absolute Gasteiger partial charge is 0.337 e. The third-order valence-electron chi connectivity index (χ3n) is 4.47. The van der Waals surface area contributed by atoms with Crippen molar-refractivity contribution in [2.24, 2.45) is 0 Å². The monoisotopic (exact) mass is 400 g/mol. The SMILES string of the molecule is COC(=O)C1=C(c2ccc(F)cc2)OC(O[Si](C)(C)C)(c2ccccc2)CC1. The van der Waals surface area contributed by atoms with E-state index in [1.54, 1.807) is 12.1 Å². The quantitative estimate of drug-likeness (QED) is 0.510. The first kappa shape index (κ1) is 20.3. The summed E-state index contributed by atoms with van der Waals surface area (Å²) in [7, 11) is -0.678. The summed E-state index contributed by atoms with van der Waals surface area (Å²) in [6.07, 6.45) is 0.912. The van der Waals surface area contributed by atoms with Gasteiger partial charge in [0.25, 0.3) is 0 Å². The highest BCUT2D eigenvalue weighted by Crippen LogP contribution is 2.45. The lowest BCUT2D eigenvalue weighted by molar-refractivity contribution is -0.163. The normalized spacial score (nSPS) is 19.9. The molecule has 1 heterocycles. The number of hydrogen-bond acceptors (Lipinski definition) is 4. The van der Waals surface area contributed by atoms with Gasteiger partial charge in [0.1, 0.15) is 11.6 Å². The Morgan fingerprint density at radius 3 is 2.29 bits per heavy atom. The van der Waals surface area contributed by atoms with Crippen LogP contribution in [-0.4, -0.2) is 21.4 Å². The molecular formula is C22H25FO4Si. The van der Waals surface area contributed by atoms with Crippen molar-refractivity contribution < 1.29 is 23.1 Å². The maximum atomic E-state index is 13.4. The minimum atomic E-state index is -2.02. The number of carbonyl (C=O) groups excluding carboxylic acids is 1. The molecule has 0 radical (unpaired) electrons. The van der Waals surface area contributed by atoms with Gasteiger partial charge in [0.15, 0.2) is 8.32 Å². The first-order chi connectivity index (χ1) is 13.2. The molecule has 0 aliphatic carbocycles. The first-order valence-corrected chi connectivity index (χ1v) is 12.7. The molecule has 0 spiro atoms. The molecule has 0 bridgehead atoms. The van der Waals surface area contributed by atoms with E-state index in [4.69, 9.17) is 13.9 Å². The molecule has 0 amide bonds. The van der Waals surface area contributed by atoms with Gasteiger partial charge in [-0.1, -0.05) is 30.3 Å². The summed E-state index contributed by atoms with van der Waals surface area (Å²) in [5.74, 6) is -1.44. The van der Waals surface area contributed by atoms with Crippen LogP contribution in [0.3, 0.4) is 0 Å². The van der Waals surface area contributed by atoms with Gasteiger partial charge in [0, 0.05) is 17.5 Å². The molecule has 3 rings (SSSR count). The van der Waals surface area contributed by atoms with E-state index >= 15 is 0 Å². The van der Waals surface area contributed by atoms with Gasteiger partial charge < -0.3 is 13.9 Å². The number of hydrogen-bond donors (Lipinski definition) is 0. The molecule has 0 aromatic heterocycles. The molecule has 0 saturated carbocycles. The zero-order chi connectivity index (χ0) is 20.4. The molecular weight excluding hydrogens is 375 g/mol. The summed E-state index contributed by atoms with van der Waals surface area (Å²) in [6.45, 7) is 6.29. The van der Waals surface area contributed by atoms with Crippen molar-refractivity contribution >= 4 is 20.0 Å². The van der Waals surface area contributed by atoms with Crippen LogP contribution in [0.5, 0.6) is 0 Å². The topological polar surface area (TPSA) is 44.8 Å². The average Bonchev–Trinajstić information content (AvgIpc) is 2.67. The van der Waals surface area contributed by atoms with E-state index in [9.17, 15) is 9.18 Å². The Balaban J connectivity index is 2.13. The molecule has 1 atom stereocenters. The van der Waals surface area contributed by atoms with E-state index in [-0.39, 0.29) is 5.82 Å². The number of benzene rings is 2. The minimum absolute atomic E-state index is 0.354. The van der Waals surface area contributed by atoms with Crippen LogP contribution >= 0.6 is 0 Å². The van der Waals surface area contributed by atoms with E-state index in [1.165, 1.54) is 19.2 Å². The molecule has 6 heteroatoms. The van der Waals surface area contributed by atoms with Crippen LogP contribution in [-0.2, 0) is 24.5 Å². The fourth-order valence-corrected chi connectivity index (χ4v) is 4.60. The van der Waals surface area contributed by atoms with Crippen molar-refractivity contribution in [1.29, 1.82) is 0 Å². The summed E-state index contributed by atoms with van der Waals surface area (Å²) in [6, 6.07) is 15.6. The summed E-state index contributed by atoms with van der Waals surface area (Å²) in [4.78, 5) is 12.4. The second-order valence-electron chi connectivity index (χ2n) is 7.74. The molecule has 2 aromatic carbocycles. The molecule has 2 aromatic rings. The zero-order valence-electron chi connectivity index (χ0n) is 16.6. The van der Waals surface area contributed by atoms with Crippen LogP contribution in [0.4, 0.5) is 4.39 Å². The molecule has 0 N–H and O–H groups in total. The number of halogens is 1. The summed E-state index contributed by atoms with van der Waals surface area (Å²) >= 11 is 0. The highest BCUT2D eigenvalue weighted by Gasteiger charge is 2.45. The van der Waals surface area contributed by atoms with Crippen LogP contribution in [0.2, 0.25) is 19.6 Å². The highest BCUT2D eigenvalue weighted by molar-refractivity contribution is 6.69. The molecule has 1 aliphatic heterocycles. The van der Waals surface area contributed by atoms with Crippen LogP contribution in [0.15, 0.2) is 60.2 Å². The summed E-state index contributed by atoms with van der Waals surface area (Å²) < 4.78 is 31.4. The number of esters is 1. The summed E-state index contributed by atoms with van der Waals surface area (Å²) in [5.41, 5.74) is 1.93. The van der Waals surface area contributed by atoms with E-state index in [0.29, 0.717) is 29.7 Å². The lowest BCUT2D eigenvalue weighted by atomic mass is 9.92. The zero-order valence-corrected chi connectivity index (χ0v) is 17.6. The number of carbonyl (C=O) groups is 1. The van der Waals surface area contributed by atoms with E-state index in [2.05, 4.69) is 19.6 Å². The Morgan fingerprint density at radius 2 is 1.71 bits per heavy atom. The van der Waals surface area contributed by atoms with Gasteiger partial charge in [-0.25, -0.2) is 9.18 Å². The minimum Gasteiger partial charge on any atom is -0.466 e. The van der Waals surface area contributed by atoms with Crippen LogP contribution < -0.4 is 0 Å². The molecule has 0 saturated heterocycles. The van der Waals surface area contributed by atoms with Gasteiger partial charge in [-0.05, 0) is 50.3 Å². The Bertz CT molecular complexity index is 872. The third kappa shape index (κ3) is 4.34. The van der Waals surface area contributed by atoms with Crippen molar-refractivity contribution in [2.45, 2.75) is 38.3 Å². The Hall–Kier alpha value is -2.44. The van der Waals surface area contributed by atoms with Gasteiger partial charge >= 0.3 is 5.97 Å². The van der Waals surface area contributed by atoms with E-state index in [0.717, 1.165) is 5.56 Å². The maximum absolute atomic E-state index is 13.4. The van der Waals surface area contributed by atoms with Crippen LogP contribution in [0, 0.1) is 5.82 Å². The lowest BCUT2D eigenvalue weighted by Crippen LogP contribution is -2.44. The standard InChI is InChI=1S/C22H25FO4Si/c1-25-21(24)19-14-15-22(27-28(2,3)4,17-8-6-5-7-9-17)26-20(19)16-10-12-18(23)13-11-16/h5-13H,14-15H2,1-4H3. The summed E-state index contributed by atoms with van der Waals surface area (Å²) in [5, 5.41) is 0. The van der Waals surface area contributed by atoms with E-state index in [1.807, 2.05) is 30.3 Å². The fourth-order valence-electron chi connectivity index (χ4n) is 3.35. The Morgan fingerprint density at radius 1 is 1.07 bits per heavy atom. The van der Waals surface area contributed by atoms with Gasteiger partial charge in [-0.3, -0.25) is 0 Å². The molecule has 1 aliphatic rings. The van der Waals surface area contributed by atoms with Crippen molar-refractivity contribution in [2.75, 3.05) is 7.11 Å². The molecule has 4 nitrogen and oxygen atoms in total. The molecule has 28 heavy (non-hydrogen) atoms. The fraction of sp³-hybridized carbons (Fsp3) is 0.318. The molecule has 0 fully saturated rings. The van der Waals surface area contributed by atoms with Crippen molar-refractivity contribution in [3.8, 4) is 0 Å². The lowest BCUT2D eigenvalue weighted by Gasteiger charge is -2.43. The maximum Gasteiger partial charge on any atom is 0.337 e. The average molecular weight is 401 g/mol. The van der Waals surface area contributed by atoms with Crippen molar-refractivity contribution in [3.63, 3.8) is 0 Å². The number of rotatable bonds is 5. The van der Waals surface area contributed by atoms with Gasteiger partial charge in [-0.2, -0.15) is 0 Å². The number of methoxy groups -OCH3 is 1. The van der Waals surface area contributed by atoms with Crippen LogP contribution in [0.1, 0.15) is 24.0 Å². The second kappa shape index (κ2) is 7.89. The third-order valence-corrected chi connectivity index (χ3v) is 5.41. The molecule has 148 valence electrons. The predicted octanol–water partition coefficient (Wildman–Crippen LogP) is 5.22. The largest absolute Gasteiger partial charge is 0.466 e. The van der Waals surface area contributed by atoms with Gasteiger partial charge in [0.05, 0.1) is 12.7 Å². The first-order valence-electron chi connectivity index (χ1n) is 9.26. The highest BCUT2D eigenvalue weighted by atomic mass is 28.4. The van der Waals surface area contributed by atoms with Crippen molar-refractivity contribution in [1.82, 2.24) is 0 Å². The Kier molecular flexibility index (Phi) is 5.72. The van der Waals surface area contributed by atoms with Crippen LogP contribution in [0.25, 0.3) is 5.76 Å². The van der Waals surface area contributed by atoms with Gasteiger partial charge in [-0.15, -0.1) is 0 Å². The molecule has 1 unspecified atom stereocenters. The predicted molar refractivity (Wildman–Crippen MR) is 108 cm³/mol. The number of ether oxygens (including phenoxy) is 2. The van der Waals surface area contributed by atoms with E-state index < -0.39 is 20.1 Å². The Labute approximate surface area is 166 Å². The van der Waals surface area contributed by atoms with Gasteiger partial charge in [0.2, 0.25) is 5.79 Å². The second-order valence-corrected chi connectivity index (χ2v) is 12.2.